The van der Waals surface area contributed by atoms with Crippen molar-refractivity contribution in [3.63, 3.8) is 0 Å². The molecule has 0 aliphatic carbocycles. The Morgan fingerprint density at radius 2 is 2.00 bits per heavy atom. The molecule has 0 bridgehead atoms. The summed E-state index contributed by atoms with van der Waals surface area (Å²) in [4.78, 5) is 13.3. The lowest BCUT2D eigenvalue weighted by Gasteiger charge is -2.18. The van der Waals surface area contributed by atoms with E-state index in [1.54, 1.807) is 18.2 Å². The lowest BCUT2D eigenvalue weighted by molar-refractivity contribution is -0.125. The van der Waals surface area contributed by atoms with Crippen LogP contribution >= 0.6 is 11.3 Å². The molecule has 140 valence electrons. The zero-order valence-corrected chi connectivity index (χ0v) is 15.6. The zero-order chi connectivity index (χ0) is 18.7. The maximum Gasteiger partial charge on any atom is 0.249 e. The summed E-state index contributed by atoms with van der Waals surface area (Å²) in [6, 6.07) is 8.94. The molecule has 2 unspecified atom stereocenters. The van der Waals surface area contributed by atoms with Gasteiger partial charge in [0.1, 0.15) is 10.0 Å². The Labute approximate surface area is 155 Å². The van der Waals surface area contributed by atoms with E-state index in [4.69, 9.17) is 0 Å². The third-order valence-electron chi connectivity index (χ3n) is 4.16. The van der Waals surface area contributed by atoms with E-state index in [-0.39, 0.29) is 34.4 Å². The number of thiophene rings is 1. The van der Waals surface area contributed by atoms with Crippen LogP contribution in [0, 0.1) is 11.7 Å². The first-order valence-corrected chi connectivity index (χ1v) is 10.2. The zero-order valence-electron chi connectivity index (χ0n) is 14.0. The smallest absolute Gasteiger partial charge is 0.249 e. The number of benzene rings is 1. The molecule has 1 aromatic carbocycles. The highest BCUT2D eigenvalue weighted by Gasteiger charge is 2.33. The van der Waals surface area contributed by atoms with Crippen LogP contribution in [0.4, 0.5) is 4.39 Å². The third-order valence-corrected chi connectivity index (χ3v) is 7.15. The van der Waals surface area contributed by atoms with Crippen LogP contribution in [0.15, 0.2) is 40.6 Å². The third kappa shape index (κ3) is 4.10. The van der Waals surface area contributed by atoms with Crippen molar-refractivity contribution in [3.8, 4) is 0 Å². The molecule has 0 spiro atoms. The summed E-state index contributed by atoms with van der Waals surface area (Å²) in [5.41, 5.74) is 6.81. The minimum absolute atomic E-state index is 0.164. The van der Waals surface area contributed by atoms with E-state index in [2.05, 4.69) is 20.9 Å². The van der Waals surface area contributed by atoms with Gasteiger partial charge in [-0.2, -0.15) is 0 Å². The summed E-state index contributed by atoms with van der Waals surface area (Å²) < 4.78 is 39.1. The van der Waals surface area contributed by atoms with Crippen molar-refractivity contribution in [2.75, 3.05) is 13.6 Å². The first-order valence-electron chi connectivity index (χ1n) is 7.94. The molecule has 26 heavy (non-hydrogen) atoms. The largest absolute Gasteiger partial charge is 0.351 e. The topological polar surface area (TPSA) is 99.3 Å². The summed E-state index contributed by atoms with van der Waals surface area (Å²) in [5.74, 6) is -0.852. The molecule has 2 heterocycles. The van der Waals surface area contributed by atoms with Crippen LogP contribution in [0.2, 0.25) is 0 Å². The van der Waals surface area contributed by atoms with Gasteiger partial charge in [-0.3, -0.25) is 10.2 Å². The average Bonchev–Trinajstić information content (AvgIpc) is 3.30. The van der Waals surface area contributed by atoms with Crippen molar-refractivity contribution in [2.24, 2.45) is 5.92 Å². The van der Waals surface area contributed by atoms with E-state index >= 15 is 0 Å². The van der Waals surface area contributed by atoms with Gasteiger partial charge in [-0.15, -0.1) is 11.3 Å². The predicted molar refractivity (Wildman–Crippen MR) is 96.2 cm³/mol. The molecule has 4 N–H and O–H groups in total. The number of hydrogen-bond donors (Lipinski definition) is 4. The van der Waals surface area contributed by atoms with E-state index in [9.17, 15) is 17.6 Å². The first kappa shape index (κ1) is 18.9. The van der Waals surface area contributed by atoms with Gasteiger partial charge in [-0.25, -0.2) is 23.0 Å². The number of rotatable bonds is 6. The quantitative estimate of drug-likeness (QED) is 0.579. The van der Waals surface area contributed by atoms with Crippen molar-refractivity contribution in [3.05, 3.63) is 52.7 Å². The van der Waals surface area contributed by atoms with Crippen LogP contribution in [0.3, 0.4) is 0 Å². The maximum absolute atomic E-state index is 13.1. The predicted octanol–water partition coefficient (Wildman–Crippen LogP) is 0.877. The van der Waals surface area contributed by atoms with Crippen LogP contribution in [0.25, 0.3) is 0 Å². The highest BCUT2D eigenvalue weighted by atomic mass is 32.2. The number of nitrogens with one attached hydrogen (secondary N) is 4. The van der Waals surface area contributed by atoms with Crippen molar-refractivity contribution >= 4 is 27.3 Å². The molecular formula is C16H19FN4O3S2. The Balaban J connectivity index is 1.63. The second-order valence-electron chi connectivity index (χ2n) is 5.81. The molecule has 1 aliphatic heterocycles. The number of amides is 1. The molecule has 0 saturated carbocycles. The van der Waals surface area contributed by atoms with Crippen molar-refractivity contribution in [1.82, 2.24) is 20.9 Å². The van der Waals surface area contributed by atoms with E-state index < -0.39 is 10.0 Å². The molecule has 1 saturated heterocycles. The fraction of sp³-hybridized carbons (Fsp3) is 0.312. The Kier molecular flexibility index (Phi) is 5.68. The van der Waals surface area contributed by atoms with Gasteiger partial charge < -0.3 is 5.32 Å². The lowest BCUT2D eigenvalue weighted by atomic mass is 9.94. The number of carbonyl (C=O) groups is 1. The van der Waals surface area contributed by atoms with Gasteiger partial charge in [0, 0.05) is 11.4 Å². The first-order chi connectivity index (χ1) is 12.4. The van der Waals surface area contributed by atoms with Crippen LogP contribution in [0.5, 0.6) is 0 Å². The Morgan fingerprint density at radius 1 is 1.27 bits per heavy atom. The number of hydrazine groups is 1. The van der Waals surface area contributed by atoms with E-state index in [1.165, 1.54) is 25.2 Å². The van der Waals surface area contributed by atoms with Crippen LogP contribution in [-0.4, -0.2) is 27.9 Å². The number of sulfonamides is 1. The SMILES string of the molecule is CNS(=O)(=O)c1ccc(CNC(=O)C2CNNC2c2ccc(F)cc2)s1. The molecule has 1 aliphatic rings. The molecule has 10 heteroatoms. The highest BCUT2D eigenvalue weighted by molar-refractivity contribution is 7.91. The summed E-state index contributed by atoms with van der Waals surface area (Å²) in [6.45, 7) is 0.688. The molecule has 2 atom stereocenters. The van der Waals surface area contributed by atoms with Gasteiger partial charge in [-0.1, -0.05) is 12.1 Å². The second kappa shape index (κ2) is 7.80. The summed E-state index contributed by atoms with van der Waals surface area (Å²) in [7, 11) is -2.12. The van der Waals surface area contributed by atoms with E-state index in [0.717, 1.165) is 21.8 Å². The molecule has 0 radical (unpaired) electrons. The standard InChI is InChI=1S/C16H19FN4O3S2/c1-18-26(23,24)14-7-6-12(25-14)8-19-16(22)13-9-20-21-15(13)10-2-4-11(17)5-3-10/h2-7,13,15,18,20-21H,8-9H2,1H3,(H,19,22). The minimum atomic E-state index is -3.47. The van der Waals surface area contributed by atoms with Gasteiger partial charge >= 0.3 is 0 Å². The van der Waals surface area contributed by atoms with Crippen LogP contribution in [-0.2, 0) is 21.4 Å². The molecule has 2 aromatic rings. The number of carbonyl (C=O) groups excluding carboxylic acids is 1. The van der Waals surface area contributed by atoms with E-state index in [1.807, 2.05) is 0 Å². The van der Waals surface area contributed by atoms with Crippen molar-refractivity contribution < 1.29 is 17.6 Å². The average molecular weight is 398 g/mol. The van der Waals surface area contributed by atoms with Gasteiger partial charge in [-0.05, 0) is 36.9 Å². The lowest BCUT2D eigenvalue weighted by Crippen LogP contribution is -2.34. The molecule has 1 fully saturated rings. The van der Waals surface area contributed by atoms with Crippen LogP contribution in [0.1, 0.15) is 16.5 Å². The van der Waals surface area contributed by atoms with Gasteiger partial charge in [0.2, 0.25) is 15.9 Å². The molecule has 1 aromatic heterocycles. The summed E-state index contributed by atoms with van der Waals surface area (Å²) in [5, 5.41) is 2.84. The van der Waals surface area contributed by atoms with Crippen molar-refractivity contribution in [2.45, 2.75) is 16.8 Å². The normalized spacial score (nSPS) is 20.2. The molecule has 7 nitrogen and oxygen atoms in total. The maximum atomic E-state index is 13.1. The van der Waals surface area contributed by atoms with Gasteiger partial charge in [0.05, 0.1) is 18.5 Å². The van der Waals surface area contributed by atoms with Crippen LogP contribution < -0.4 is 20.9 Å². The fourth-order valence-corrected chi connectivity index (χ4v) is 4.86. The Hall–Kier alpha value is -1.85. The number of hydrogen-bond acceptors (Lipinski definition) is 6. The molecular weight excluding hydrogens is 379 g/mol. The Morgan fingerprint density at radius 3 is 2.69 bits per heavy atom. The van der Waals surface area contributed by atoms with E-state index in [0.29, 0.717) is 6.54 Å². The van der Waals surface area contributed by atoms with Gasteiger partial charge in [0.15, 0.2) is 0 Å². The van der Waals surface area contributed by atoms with Gasteiger partial charge in [0.25, 0.3) is 0 Å². The fourth-order valence-electron chi connectivity index (χ4n) is 2.73. The Bertz CT molecular complexity index is 883. The minimum Gasteiger partial charge on any atom is -0.351 e. The second-order valence-corrected chi connectivity index (χ2v) is 9.09. The number of halogens is 1. The molecule has 1 amide bonds. The monoisotopic (exact) mass is 398 g/mol. The molecule has 3 rings (SSSR count). The van der Waals surface area contributed by atoms with Crippen molar-refractivity contribution in [1.29, 1.82) is 0 Å². The summed E-state index contributed by atoms with van der Waals surface area (Å²) in [6.07, 6.45) is 0. The summed E-state index contributed by atoms with van der Waals surface area (Å²) >= 11 is 1.11. The highest BCUT2D eigenvalue weighted by Crippen LogP contribution is 2.26.